The Morgan fingerprint density at radius 1 is 0.592 bits per heavy atom. The van der Waals surface area contributed by atoms with Gasteiger partial charge in [0, 0.05) is 0 Å². The normalized spacial score (nSPS) is 17.8. The second-order valence-electron chi connectivity index (χ2n) is 15.1. The van der Waals surface area contributed by atoms with Gasteiger partial charge in [-0.15, -0.1) is 0 Å². The molecule has 2 aliphatic rings. The second kappa shape index (κ2) is 14.6. The standard InChI is InChI=1S/C21H23.C20H21.C4H11Si.2ClH.Zr/c1-4-6-17-7-9-18(10-8-17)20-12-15(3)11-19-13-16(5-2)14-21(19)20;1-4-5-16-6-8-17(9-7-16)19-12-14(2)10-18-11-15(3)13-20(18)19;1-3-5-4-2;;;/h7-14H,4-6H2,1-3H3;6-13H,4-5H2,1-3H3;5H,3-4H2,1-2H3;2*1H;/q;;;;;+2/p-2. The van der Waals surface area contributed by atoms with Crippen molar-refractivity contribution in [2.45, 2.75) is 107 Å². The van der Waals surface area contributed by atoms with Crippen molar-refractivity contribution < 1.29 is 15.6 Å². The molecule has 4 heteroatoms. The van der Waals surface area contributed by atoms with Gasteiger partial charge in [0.2, 0.25) is 0 Å². The van der Waals surface area contributed by atoms with Crippen molar-refractivity contribution in [3.8, 4) is 22.3 Å². The molecule has 0 fully saturated rings. The monoisotopic (exact) mass is 783 g/mol. The molecule has 0 aliphatic heterocycles. The summed E-state index contributed by atoms with van der Waals surface area (Å²) in [4.78, 5) is 0. The number of hydrogen-bond donors (Lipinski definition) is 0. The fraction of sp³-hybridized carbons (Fsp3) is 0.378. The van der Waals surface area contributed by atoms with Crippen LogP contribution in [0.15, 0.2) is 83.9 Å². The van der Waals surface area contributed by atoms with E-state index in [0.29, 0.717) is 0 Å². The SMILES string of the molecule is CCCc1ccc(-c2cc(C)cc3c2C=C(C)[CH]3[Zr]([Cl])([Cl])([CH]2C(CC)=Cc3c(-c4ccc(CCC)cc4)cc(C)cc32)[SiH](CC)CC)cc1. The topological polar surface area (TPSA) is 0 Å². The molecule has 6 rings (SSSR count). The first-order valence-electron chi connectivity index (χ1n) is 18.9. The van der Waals surface area contributed by atoms with E-state index in [-0.39, 0.29) is 7.25 Å². The third-order valence-electron chi connectivity index (χ3n) is 11.7. The van der Waals surface area contributed by atoms with Crippen molar-refractivity contribution in [1.29, 1.82) is 0 Å². The molecule has 0 amide bonds. The van der Waals surface area contributed by atoms with E-state index in [1.165, 1.54) is 77.9 Å². The van der Waals surface area contributed by atoms with Crippen molar-refractivity contribution in [3.63, 3.8) is 0 Å². The molecule has 0 aromatic heterocycles. The Balaban J connectivity index is 1.57. The van der Waals surface area contributed by atoms with Gasteiger partial charge in [0.15, 0.2) is 0 Å². The Morgan fingerprint density at radius 3 is 1.47 bits per heavy atom. The first-order chi connectivity index (χ1) is 23.5. The van der Waals surface area contributed by atoms with Gasteiger partial charge in [-0.1, -0.05) is 0 Å². The third kappa shape index (κ3) is 6.41. The Hall–Kier alpha value is -1.96. The van der Waals surface area contributed by atoms with Crippen LogP contribution in [-0.2, 0) is 28.4 Å². The molecule has 0 spiro atoms. The van der Waals surface area contributed by atoms with Gasteiger partial charge in [0.1, 0.15) is 0 Å². The summed E-state index contributed by atoms with van der Waals surface area (Å²) >= 11 is -4.89. The van der Waals surface area contributed by atoms with Gasteiger partial charge in [0.05, 0.1) is 0 Å². The summed E-state index contributed by atoms with van der Waals surface area (Å²) in [6.07, 6.45) is 10.5. The maximum atomic E-state index is 8.87. The average molecular weight is 786 g/mol. The molecule has 257 valence electrons. The number of fused-ring (bicyclic) bond motifs is 2. The Morgan fingerprint density at radius 2 is 1.04 bits per heavy atom. The number of aryl methyl sites for hydroxylation is 4. The second-order valence-corrected chi connectivity index (χ2v) is 55.8. The van der Waals surface area contributed by atoms with E-state index in [0.717, 1.165) is 44.2 Å². The first kappa shape index (κ1) is 36.8. The van der Waals surface area contributed by atoms with E-state index in [9.17, 15) is 0 Å². The van der Waals surface area contributed by atoms with E-state index >= 15 is 0 Å². The van der Waals surface area contributed by atoms with Crippen molar-refractivity contribution in [2.24, 2.45) is 0 Å². The minimum atomic E-state index is -4.89. The van der Waals surface area contributed by atoms with Crippen molar-refractivity contribution in [1.82, 2.24) is 0 Å². The van der Waals surface area contributed by atoms with Crippen LogP contribution in [0.4, 0.5) is 0 Å². The fourth-order valence-electron chi connectivity index (χ4n) is 9.63. The Labute approximate surface area is 305 Å². The van der Waals surface area contributed by atoms with Gasteiger partial charge >= 0.3 is 308 Å². The summed E-state index contributed by atoms with van der Waals surface area (Å²) in [6, 6.07) is 30.5. The number of hydrogen-bond acceptors (Lipinski definition) is 0. The van der Waals surface area contributed by atoms with E-state index in [1.807, 2.05) is 0 Å². The van der Waals surface area contributed by atoms with Gasteiger partial charge in [0.25, 0.3) is 0 Å². The molecule has 4 aromatic rings. The van der Waals surface area contributed by atoms with Crippen LogP contribution in [0.3, 0.4) is 0 Å². The van der Waals surface area contributed by atoms with Crippen LogP contribution in [0.5, 0.6) is 0 Å². The van der Waals surface area contributed by atoms with Crippen molar-refractivity contribution in [3.05, 3.63) is 128 Å². The molecule has 0 saturated heterocycles. The predicted molar refractivity (Wildman–Crippen MR) is 218 cm³/mol. The van der Waals surface area contributed by atoms with E-state index < -0.39 is 21.5 Å². The summed E-state index contributed by atoms with van der Waals surface area (Å²) < 4.78 is 0.230. The van der Waals surface area contributed by atoms with Gasteiger partial charge < -0.3 is 0 Å². The summed E-state index contributed by atoms with van der Waals surface area (Å²) in [7, 11) is 17.7. The molecule has 2 unspecified atom stereocenters. The fourth-order valence-corrected chi connectivity index (χ4v) is 63.2. The zero-order chi connectivity index (χ0) is 35.1. The summed E-state index contributed by atoms with van der Waals surface area (Å²) in [5.41, 5.74) is 18.9. The number of halogens is 2. The molecular formula is C45H55Cl2SiZr. The molecule has 49 heavy (non-hydrogen) atoms. The molecule has 2 atom stereocenters. The Bertz CT molecular complexity index is 1910. The predicted octanol–water partition coefficient (Wildman–Crippen LogP) is 14.3. The molecular weight excluding hydrogens is 731 g/mol. The summed E-state index contributed by atoms with van der Waals surface area (Å²) in [5.74, 6) is -1.63. The number of benzene rings is 4. The number of allylic oxidation sites excluding steroid dienone is 2. The third-order valence-corrected chi connectivity index (χ3v) is 61.8. The van der Waals surface area contributed by atoms with Crippen LogP contribution in [0.25, 0.3) is 34.4 Å². The van der Waals surface area contributed by atoms with Crippen LogP contribution < -0.4 is 0 Å². The molecule has 4 aromatic carbocycles. The quantitative estimate of drug-likeness (QED) is 0.126. The van der Waals surface area contributed by atoms with Gasteiger partial charge in [-0.2, -0.15) is 0 Å². The zero-order valence-electron chi connectivity index (χ0n) is 31.0. The summed E-state index contributed by atoms with van der Waals surface area (Å²) in [6.45, 7) is 18.5. The molecule has 0 saturated carbocycles. The molecule has 0 nitrogen and oxygen atoms in total. The first-order valence-corrected chi connectivity index (χ1v) is 34.6. The van der Waals surface area contributed by atoms with Crippen LogP contribution in [0.1, 0.15) is 113 Å². The van der Waals surface area contributed by atoms with Crippen LogP contribution >= 0.6 is 17.0 Å². The maximum absolute atomic E-state index is 8.87. The van der Waals surface area contributed by atoms with Crippen molar-refractivity contribution in [2.75, 3.05) is 0 Å². The van der Waals surface area contributed by atoms with E-state index in [1.54, 1.807) is 0 Å². The van der Waals surface area contributed by atoms with Crippen molar-refractivity contribution >= 4 is 35.1 Å². The average Bonchev–Trinajstić information content (AvgIpc) is 3.63. The van der Waals surface area contributed by atoms with Crippen LogP contribution in [0.2, 0.25) is 12.1 Å². The van der Waals surface area contributed by atoms with Gasteiger partial charge in [-0.25, -0.2) is 0 Å². The minimum absolute atomic E-state index is 0.109. The molecule has 0 N–H and O–H groups in total. The van der Waals surface area contributed by atoms with Crippen LogP contribution in [-0.4, -0.2) is 5.92 Å². The van der Waals surface area contributed by atoms with Gasteiger partial charge in [-0.05, 0) is 0 Å². The van der Waals surface area contributed by atoms with Crippen LogP contribution in [0, 0.1) is 13.8 Å². The molecule has 0 bridgehead atoms. The van der Waals surface area contributed by atoms with E-state index in [2.05, 4.69) is 140 Å². The van der Waals surface area contributed by atoms with Gasteiger partial charge in [-0.3, -0.25) is 0 Å². The zero-order valence-corrected chi connectivity index (χ0v) is 36.1. The number of rotatable bonds is 12. The molecule has 2 aliphatic carbocycles. The summed E-state index contributed by atoms with van der Waals surface area (Å²) in [5, 5.41) is 0. The molecule has 0 heterocycles. The van der Waals surface area contributed by atoms with E-state index in [4.69, 9.17) is 17.0 Å². The Kier molecular flexibility index (Phi) is 11.0. The molecule has 0 radical (unpaired) electrons.